The highest BCUT2D eigenvalue weighted by Crippen LogP contribution is 2.15. The molecule has 0 spiro atoms. The Morgan fingerprint density at radius 2 is 1.77 bits per heavy atom. The molecule has 0 fully saturated rings. The number of amides is 1. The van der Waals surface area contributed by atoms with E-state index in [2.05, 4.69) is 11.8 Å². The summed E-state index contributed by atoms with van der Waals surface area (Å²) in [7, 11) is -4.49. The molecule has 0 aliphatic heterocycles. The van der Waals surface area contributed by atoms with E-state index in [0.29, 0.717) is 12.1 Å². The van der Waals surface area contributed by atoms with Gasteiger partial charge in [-0.25, -0.2) is 23.5 Å². The zero-order valence-electron chi connectivity index (χ0n) is 14.0. The van der Waals surface area contributed by atoms with E-state index in [1.54, 1.807) is 0 Å². The maximum atomic E-state index is 13.6. The Bertz CT molecular complexity index is 874. The summed E-state index contributed by atoms with van der Waals surface area (Å²) in [4.78, 5) is 22.6. The highest BCUT2D eigenvalue weighted by molar-refractivity contribution is 7.87. The van der Waals surface area contributed by atoms with Crippen molar-refractivity contribution in [3.05, 3.63) is 34.9 Å². The smallest absolute Gasteiger partial charge is 0.426 e. The molecule has 0 aromatic heterocycles. The molecule has 0 saturated carbocycles. The van der Waals surface area contributed by atoms with E-state index in [0.717, 1.165) is 0 Å². The molecular formula is C15H16F2N2O6S. The normalized spacial score (nSPS) is 11.3. The number of benzene rings is 1. The number of rotatable bonds is 3. The number of hydrogen-bond acceptors (Lipinski definition) is 5. The van der Waals surface area contributed by atoms with Gasteiger partial charge in [-0.2, -0.15) is 12.7 Å². The highest BCUT2D eigenvalue weighted by atomic mass is 32.2. The summed E-state index contributed by atoms with van der Waals surface area (Å²) in [5.41, 5.74) is -2.40. The first kappa shape index (κ1) is 21.3. The first-order valence-corrected chi connectivity index (χ1v) is 8.47. The highest BCUT2D eigenvalue weighted by Gasteiger charge is 2.28. The van der Waals surface area contributed by atoms with Gasteiger partial charge in [0, 0.05) is 5.56 Å². The second-order valence-electron chi connectivity index (χ2n) is 5.95. The van der Waals surface area contributed by atoms with Crippen molar-refractivity contribution in [1.82, 2.24) is 4.31 Å². The minimum absolute atomic E-state index is 0.142. The zero-order valence-corrected chi connectivity index (χ0v) is 14.9. The third-order valence-electron chi connectivity index (χ3n) is 2.62. The Balaban J connectivity index is 3.09. The van der Waals surface area contributed by atoms with Crippen LogP contribution in [-0.4, -0.2) is 42.0 Å². The molecule has 11 heteroatoms. The van der Waals surface area contributed by atoms with Gasteiger partial charge in [-0.05, 0) is 32.9 Å². The molecule has 0 unspecified atom stereocenters. The molecule has 0 saturated heterocycles. The van der Waals surface area contributed by atoms with Crippen LogP contribution in [0.15, 0.2) is 12.1 Å². The van der Waals surface area contributed by atoms with Gasteiger partial charge < -0.3 is 9.84 Å². The number of carbonyl (C=O) groups is 2. The number of carboxylic acids is 1. The van der Waals surface area contributed by atoms with E-state index in [-0.39, 0.29) is 9.87 Å². The maximum absolute atomic E-state index is 13.6. The van der Waals surface area contributed by atoms with E-state index in [4.69, 9.17) is 15.0 Å². The molecule has 1 amide bonds. The Morgan fingerprint density at radius 1 is 1.27 bits per heavy atom. The number of carbonyl (C=O) groups excluding carboxylic acids is 1. The third-order valence-corrected chi connectivity index (χ3v) is 3.51. The molecule has 0 aliphatic rings. The lowest BCUT2D eigenvalue weighted by atomic mass is 10.1. The Hall–Kier alpha value is -2.71. The van der Waals surface area contributed by atoms with E-state index in [9.17, 15) is 26.8 Å². The van der Waals surface area contributed by atoms with Crippen LogP contribution in [0.3, 0.4) is 0 Å². The molecule has 3 N–H and O–H groups in total. The molecule has 8 nitrogen and oxygen atoms in total. The fourth-order valence-electron chi connectivity index (χ4n) is 1.63. The summed E-state index contributed by atoms with van der Waals surface area (Å²) in [5.74, 6) is -0.0531. The summed E-state index contributed by atoms with van der Waals surface area (Å²) in [5, 5.41) is 13.6. The summed E-state index contributed by atoms with van der Waals surface area (Å²) in [6.45, 7) is 3.78. The Morgan fingerprint density at radius 3 is 2.15 bits per heavy atom. The number of carboxylic acid groups (broad SMARTS) is 1. The zero-order chi connectivity index (χ0) is 20.3. The maximum Gasteiger partial charge on any atom is 0.426 e. The second kappa shape index (κ2) is 7.67. The SMILES string of the molecule is CC(C)(C)OC(=O)N(CC#Cc1cc(F)c(C(=O)O)c(F)c1)S(N)(=O)=O. The van der Waals surface area contributed by atoms with Crippen LogP contribution in [0.5, 0.6) is 0 Å². The lowest BCUT2D eigenvalue weighted by Crippen LogP contribution is -2.44. The van der Waals surface area contributed by atoms with Crippen molar-refractivity contribution in [3.63, 3.8) is 0 Å². The number of nitrogens with two attached hydrogens (primary N) is 1. The van der Waals surface area contributed by atoms with Crippen molar-refractivity contribution in [3.8, 4) is 11.8 Å². The first-order chi connectivity index (χ1) is 11.7. The number of nitrogens with zero attached hydrogens (tertiary/aromatic N) is 1. The van der Waals surface area contributed by atoms with Crippen molar-refractivity contribution in [1.29, 1.82) is 0 Å². The molecule has 1 rings (SSSR count). The van der Waals surface area contributed by atoms with Gasteiger partial charge in [0.25, 0.3) is 0 Å². The van der Waals surface area contributed by atoms with Gasteiger partial charge in [-0.1, -0.05) is 11.8 Å². The molecule has 142 valence electrons. The van der Waals surface area contributed by atoms with Crippen LogP contribution in [-0.2, 0) is 14.9 Å². The largest absolute Gasteiger partial charge is 0.477 e. The molecular weight excluding hydrogens is 374 g/mol. The van der Waals surface area contributed by atoms with Crippen LogP contribution >= 0.6 is 0 Å². The quantitative estimate of drug-likeness (QED) is 0.752. The Labute approximate surface area is 148 Å². The predicted octanol–water partition coefficient (Wildman–Crippen LogP) is 1.46. The van der Waals surface area contributed by atoms with Gasteiger partial charge in [0.1, 0.15) is 29.3 Å². The van der Waals surface area contributed by atoms with Crippen LogP contribution in [0.4, 0.5) is 13.6 Å². The van der Waals surface area contributed by atoms with Gasteiger partial charge in [0.15, 0.2) is 0 Å². The monoisotopic (exact) mass is 390 g/mol. The fraction of sp³-hybridized carbons (Fsp3) is 0.333. The van der Waals surface area contributed by atoms with Gasteiger partial charge in [-0.3, -0.25) is 0 Å². The lowest BCUT2D eigenvalue weighted by Gasteiger charge is -2.24. The number of ether oxygens (including phenoxy) is 1. The van der Waals surface area contributed by atoms with Crippen LogP contribution in [0.25, 0.3) is 0 Å². The van der Waals surface area contributed by atoms with Crippen molar-refractivity contribution >= 4 is 22.3 Å². The van der Waals surface area contributed by atoms with Crippen LogP contribution in [0.2, 0.25) is 0 Å². The minimum atomic E-state index is -4.49. The molecule has 1 aromatic rings. The van der Waals surface area contributed by atoms with Crippen molar-refractivity contribution in [2.75, 3.05) is 6.54 Å². The van der Waals surface area contributed by atoms with Gasteiger partial charge in [-0.15, -0.1) is 0 Å². The molecule has 0 heterocycles. The average Bonchev–Trinajstić information content (AvgIpc) is 2.38. The molecule has 0 radical (unpaired) electrons. The van der Waals surface area contributed by atoms with Gasteiger partial charge >= 0.3 is 22.3 Å². The lowest BCUT2D eigenvalue weighted by molar-refractivity contribution is 0.0406. The van der Waals surface area contributed by atoms with Gasteiger partial charge in [0.05, 0.1) is 0 Å². The van der Waals surface area contributed by atoms with Crippen LogP contribution in [0.1, 0.15) is 36.7 Å². The van der Waals surface area contributed by atoms with Crippen molar-refractivity contribution < 1.29 is 36.6 Å². The minimum Gasteiger partial charge on any atom is -0.477 e. The molecule has 1 aromatic carbocycles. The van der Waals surface area contributed by atoms with E-state index < -0.39 is 51.6 Å². The van der Waals surface area contributed by atoms with E-state index >= 15 is 0 Å². The number of hydrogen-bond donors (Lipinski definition) is 2. The summed E-state index contributed by atoms with van der Waals surface area (Å²) >= 11 is 0. The molecule has 0 atom stereocenters. The topological polar surface area (TPSA) is 127 Å². The standard InChI is InChI=1S/C15H16F2N2O6S/c1-15(2,3)25-14(22)19(26(18,23)24)6-4-5-9-7-10(16)12(13(20)21)11(17)8-9/h7-8H,6H2,1-3H3,(H,20,21)(H2,18,23,24). The molecule has 0 aliphatic carbocycles. The number of aromatic carboxylic acids is 1. The number of halogens is 2. The fourth-order valence-corrected chi connectivity index (χ4v) is 2.12. The summed E-state index contributed by atoms with van der Waals surface area (Å²) in [6, 6.07) is 1.32. The van der Waals surface area contributed by atoms with Crippen LogP contribution < -0.4 is 5.14 Å². The van der Waals surface area contributed by atoms with Gasteiger partial charge in [0.2, 0.25) is 0 Å². The molecule has 26 heavy (non-hydrogen) atoms. The average molecular weight is 390 g/mol. The van der Waals surface area contributed by atoms with E-state index in [1.165, 1.54) is 20.8 Å². The summed E-state index contributed by atoms with van der Waals surface area (Å²) < 4.78 is 55.1. The van der Waals surface area contributed by atoms with Crippen LogP contribution in [0, 0.1) is 23.5 Å². The molecule has 0 bridgehead atoms. The summed E-state index contributed by atoms with van der Waals surface area (Å²) in [6.07, 6.45) is -1.27. The van der Waals surface area contributed by atoms with Crippen molar-refractivity contribution in [2.24, 2.45) is 5.14 Å². The Kier molecular flexibility index (Phi) is 6.29. The predicted molar refractivity (Wildman–Crippen MR) is 86.2 cm³/mol. The third kappa shape index (κ3) is 5.98. The van der Waals surface area contributed by atoms with Crippen molar-refractivity contribution in [2.45, 2.75) is 26.4 Å². The van der Waals surface area contributed by atoms with E-state index in [1.807, 2.05) is 0 Å². The first-order valence-electron chi connectivity index (χ1n) is 6.97. The second-order valence-corrected chi connectivity index (χ2v) is 7.42.